The standard InChI is InChI=1S/C28H27F4N3O4/c1-37-20-7-2-16(3-8-20)14-38-15-25(28(30,31)32)39-27(36)34-12-21-22(13-34)26(21)23-11-19-6-4-17-10-18(29)5-9-24(17)35(19)33-23/h2-3,5,7-11,21-22,25-26H,4,6,12-15H2,1H3. The van der Waals surface area contributed by atoms with Crippen LogP contribution in [-0.2, 0) is 28.9 Å². The number of likely N-dealkylation sites (tertiary alicyclic amines) is 1. The summed E-state index contributed by atoms with van der Waals surface area (Å²) < 4.78 is 71.4. The normalized spacial score (nSPS) is 22.1. The van der Waals surface area contributed by atoms with E-state index in [1.165, 1.54) is 24.1 Å². The van der Waals surface area contributed by atoms with Crippen LogP contribution in [0, 0.1) is 17.7 Å². The van der Waals surface area contributed by atoms with Crippen molar-refractivity contribution in [2.75, 3.05) is 26.8 Å². The molecule has 1 saturated heterocycles. The quantitative estimate of drug-likeness (QED) is 0.389. The van der Waals surface area contributed by atoms with Gasteiger partial charge in [-0.05, 0) is 72.2 Å². The van der Waals surface area contributed by atoms with Crippen molar-refractivity contribution in [3.8, 4) is 11.4 Å². The molecule has 11 heteroatoms. The van der Waals surface area contributed by atoms with Crippen LogP contribution >= 0.6 is 0 Å². The van der Waals surface area contributed by atoms with Crippen molar-refractivity contribution in [2.45, 2.75) is 37.6 Å². The summed E-state index contributed by atoms with van der Waals surface area (Å²) in [5.41, 5.74) is 4.41. The molecule has 0 N–H and O–H groups in total. The number of nitrogens with zero attached hydrogens (tertiary/aromatic N) is 3. The van der Waals surface area contributed by atoms with Crippen molar-refractivity contribution in [3.05, 3.63) is 76.9 Å². The number of ether oxygens (including phenoxy) is 3. The first-order valence-electron chi connectivity index (χ1n) is 12.8. The third kappa shape index (κ3) is 5.07. The lowest BCUT2D eigenvalue weighted by atomic mass is 10.0. The second kappa shape index (κ2) is 9.86. The van der Waals surface area contributed by atoms with Crippen molar-refractivity contribution < 1.29 is 36.6 Å². The first kappa shape index (κ1) is 25.7. The van der Waals surface area contributed by atoms with Crippen LogP contribution in [0.3, 0.4) is 0 Å². The molecule has 1 saturated carbocycles. The highest BCUT2D eigenvalue weighted by molar-refractivity contribution is 5.69. The van der Waals surface area contributed by atoms with E-state index in [4.69, 9.17) is 19.3 Å². The molecule has 39 heavy (non-hydrogen) atoms. The van der Waals surface area contributed by atoms with Crippen LogP contribution in [0.1, 0.15) is 28.4 Å². The fourth-order valence-electron chi connectivity index (χ4n) is 5.72. The van der Waals surface area contributed by atoms with Crippen LogP contribution in [0.2, 0.25) is 0 Å². The van der Waals surface area contributed by atoms with Gasteiger partial charge in [-0.25, -0.2) is 13.9 Å². The Balaban J connectivity index is 1.04. The Labute approximate surface area is 222 Å². The van der Waals surface area contributed by atoms with Gasteiger partial charge in [0.1, 0.15) is 11.6 Å². The molecule has 3 aliphatic rings. The molecule has 2 fully saturated rings. The fourth-order valence-corrected chi connectivity index (χ4v) is 5.72. The highest BCUT2D eigenvalue weighted by Crippen LogP contribution is 2.58. The van der Waals surface area contributed by atoms with Crippen molar-refractivity contribution >= 4 is 6.09 Å². The smallest absolute Gasteiger partial charge is 0.427 e. The maximum Gasteiger partial charge on any atom is 0.427 e. The summed E-state index contributed by atoms with van der Waals surface area (Å²) in [6, 6.07) is 13.5. The summed E-state index contributed by atoms with van der Waals surface area (Å²) in [6.45, 7) is -0.223. The minimum atomic E-state index is -4.75. The molecule has 1 amide bonds. The molecular weight excluding hydrogens is 518 g/mol. The molecule has 3 unspecified atom stereocenters. The monoisotopic (exact) mass is 545 g/mol. The van der Waals surface area contributed by atoms with E-state index in [-0.39, 0.29) is 30.2 Å². The molecule has 0 radical (unpaired) electrons. The maximum atomic E-state index is 13.6. The molecule has 2 aliphatic heterocycles. The molecule has 3 heterocycles. The van der Waals surface area contributed by atoms with Crippen molar-refractivity contribution in [3.63, 3.8) is 0 Å². The summed E-state index contributed by atoms with van der Waals surface area (Å²) in [6.07, 6.45) is -6.62. The number of halogens is 4. The molecule has 0 bridgehead atoms. The van der Waals surface area contributed by atoms with Gasteiger partial charge in [0.05, 0.1) is 31.7 Å². The summed E-state index contributed by atoms with van der Waals surface area (Å²) in [5, 5.41) is 4.77. The number of rotatable bonds is 7. The van der Waals surface area contributed by atoms with Gasteiger partial charge in [-0.15, -0.1) is 0 Å². The first-order chi connectivity index (χ1) is 18.7. The molecular formula is C28H27F4N3O4. The molecule has 3 atom stereocenters. The number of amides is 1. The predicted molar refractivity (Wildman–Crippen MR) is 131 cm³/mol. The van der Waals surface area contributed by atoms with Gasteiger partial charge in [0.2, 0.25) is 6.10 Å². The van der Waals surface area contributed by atoms with E-state index in [0.29, 0.717) is 24.4 Å². The largest absolute Gasteiger partial charge is 0.497 e. The average Bonchev–Trinajstić information content (AvgIpc) is 3.23. The summed E-state index contributed by atoms with van der Waals surface area (Å²) in [4.78, 5) is 14.0. The molecule has 206 valence electrons. The van der Waals surface area contributed by atoms with Gasteiger partial charge >= 0.3 is 12.3 Å². The molecule has 7 nitrogen and oxygen atoms in total. The third-order valence-electron chi connectivity index (χ3n) is 7.82. The maximum absolute atomic E-state index is 13.6. The molecule has 2 aromatic carbocycles. The molecule has 1 aliphatic carbocycles. The van der Waals surface area contributed by atoms with Gasteiger partial charge < -0.3 is 19.1 Å². The highest BCUT2D eigenvalue weighted by atomic mass is 19.4. The van der Waals surface area contributed by atoms with Gasteiger partial charge in [-0.2, -0.15) is 18.3 Å². The Morgan fingerprint density at radius 2 is 1.82 bits per heavy atom. The number of alkyl halides is 3. The van der Waals surface area contributed by atoms with E-state index in [1.54, 1.807) is 30.3 Å². The number of methoxy groups -OCH3 is 1. The van der Waals surface area contributed by atoms with E-state index in [0.717, 1.165) is 35.5 Å². The first-order valence-corrected chi connectivity index (χ1v) is 12.8. The minimum absolute atomic E-state index is 0.0578. The summed E-state index contributed by atoms with van der Waals surface area (Å²) in [5.74, 6) is 0.740. The van der Waals surface area contributed by atoms with Crippen LogP contribution in [-0.4, -0.2) is 59.9 Å². The number of piperidine rings is 1. The van der Waals surface area contributed by atoms with E-state index in [1.807, 2.05) is 4.68 Å². The van der Waals surface area contributed by atoms with Crippen LogP contribution in [0.25, 0.3) is 5.69 Å². The van der Waals surface area contributed by atoms with Gasteiger partial charge in [-0.3, -0.25) is 0 Å². The molecule has 1 aromatic heterocycles. The average molecular weight is 546 g/mol. The Morgan fingerprint density at radius 3 is 2.51 bits per heavy atom. The van der Waals surface area contributed by atoms with Gasteiger partial charge in [-0.1, -0.05) is 12.1 Å². The minimum Gasteiger partial charge on any atom is -0.497 e. The summed E-state index contributed by atoms with van der Waals surface area (Å²) >= 11 is 0. The van der Waals surface area contributed by atoms with E-state index in [2.05, 4.69) is 6.07 Å². The summed E-state index contributed by atoms with van der Waals surface area (Å²) in [7, 11) is 1.52. The van der Waals surface area contributed by atoms with Gasteiger partial charge in [0.25, 0.3) is 0 Å². The second-order valence-electron chi connectivity index (χ2n) is 10.3. The number of carbonyl (C=O) groups excluding carboxylic acids is 1. The number of aromatic nitrogens is 2. The fraction of sp³-hybridized carbons (Fsp3) is 0.429. The third-order valence-corrected chi connectivity index (χ3v) is 7.82. The van der Waals surface area contributed by atoms with Crippen LogP contribution < -0.4 is 4.74 Å². The van der Waals surface area contributed by atoms with Crippen molar-refractivity contribution in [2.24, 2.45) is 11.8 Å². The number of hydrogen-bond donors (Lipinski definition) is 0. The topological polar surface area (TPSA) is 65.8 Å². The molecule has 6 rings (SSSR count). The number of aryl methyl sites for hydroxylation is 2. The number of hydrogen-bond acceptors (Lipinski definition) is 5. The van der Waals surface area contributed by atoms with Gasteiger partial charge in [0, 0.05) is 24.7 Å². The lowest BCUT2D eigenvalue weighted by Crippen LogP contribution is -2.42. The zero-order chi connectivity index (χ0) is 27.3. The number of fused-ring (bicyclic) bond motifs is 4. The lowest BCUT2D eigenvalue weighted by molar-refractivity contribution is -0.219. The van der Waals surface area contributed by atoms with Gasteiger partial charge in [0.15, 0.2) is 0 Å². The molecule has 3 aromatic rings. The van der Waals surface area contributed by atoms with Crippen molar-refractivity contribution in [1.29, 1.82) is 0 Å². The zero-order valence-corrected chi connectivity index (χ0v) is 21.2. The van der Waals surface area contributed by atoms with E-state index < -0.39 is 25.0 Å². The Kier molecular flexibility index (Phi) is 6.49. The van der Waals surface area contributed by atoms with Crippen LogP contribution in [0.4, 0.5) is 22.4 Å². The lowest BCUT2D eigenvalue weighted by Gasteiger charge is -2.25. The van der Waals surface area contributed by atoms with Crippen molar-refractivity contribution in [1.82, 2.24) is 14.7 Å². The zero-order valence-electron chi connectivity index (χ0n) is 21.2. The predicted octanol–water partition coefficient (Wildman–Crippen LogP) is 5.05. The Morgan fingerprint density at radius 1 is 1.08 bits per heavy atom. The van der Waals surface area contributed by atoms with Crippen LogP contribution in [0.15, 0.2) is 48.5 Å². The Hall–Kier alpha value is -3.60. The van der Waals surface area contributed by atoms with E-state index in [9.17, 15) is 22.4 Å². The van der Waals surface area contributed by atoms with Crippen LogP contribution in [0.5, 0.6) is 5.75 Å². The van der Waals surface area contributed by atoms with E-state index >= 15 is 0 Å². The number of benzene rings is 2. The SMILES string of the molecule is COc1ccc(COCC(OC(=O)N2CC3C(C2)C3c2cc3n(n2)-c2ccc(F)cc2CC3)C(F)(F)F)cc1. The Bertz CT molecular complexity index is 1360. The molecule has 0 spiro atoms. The number of carbonyl (C=O) groups is 1. The second-order valence-corrected chi connectivity index (χ2v) is 10.3. The highest BCUT2D eigenvalue weighted by Gasteiger charge is 2.59.